The van der Waals surface area contributed by atoms with Crippen LogP contribution in [0.2, 0.25) is 0 Å². The number of amides is 1. The molecule has 0 saturated heterocycles. The molecule has 1 aliphatic heterocycles. The van der Waals surface area contributed by atoms with Crippen LogP contribution in [0.4, 0.5) is 5.69 Å². The molecule has 1 amide bonds. The zero-order valence-corrected chi connectivity index (χ0v) is 14.1. The molecule has 0 aliphatic carbocycles. The number of fused-ring (bicyclic) bond motifs is 1. The van der Waals surface area contributed by atoms with Crippen LogP contribution < -0.4 is 4.90 Å². The Labute approximate surface area is 133 Å². The van der Waals surface area contributed by atoms with E-state index in [0.29, 0.717) is 6.54 Å². The lowest BCUT2D eigenvalue weighted by Crippen LogP contribution is -2.23. The highest BCUT2D eigenvalue weighted by molar-refractivity contribution is 9.10. The summed E-state index contributed by atoms with van der Waals surface area (Å²) in [4.78, 5) is 14.4. The van der Waals surface area contributed by atoms with Gasteiger partial charge >= 0.3 is 0 Å². The summed E-state index contributed by atoms with van der Waals surface area (Å²) in [5.74, 6) is 0.0785. The third-order valence-electron chi connectivity index (χ3n) is 3.92. The first kappa shape index (κ1) is 14.3. The first-order chi connectivity index (χ1) is 9.86. The molecule has 0 unspecified atom stereocenters. The Morgan fingerprint density at radius 2 is 1.71 bits per heavy atom. The minimum absolute atomic E-state index is 0.0785. The minimum atomic E-state index is 0.0785. The maximum Gasteiger partial charge on any atom is 0.258 e. The predicted octanol–water partition coefficient (Wildman–Crippen LogP) is 4.91. The average Bonchev–Trinajstić information content (AvgIpc) is 2.75. The van der Waals surface area contributed by atoms with Crippen LogP contribution in [0.1, 0.15) is 42.3 Å². The highest BCUT2D eigenvalue weighted by Gasteiger charge is 2.28. The Hall–Kier alpha value is -1.61. The fourth-order valence-corrected chi connectivity index (χ4v) is 2.98. The molecule has 2 aromatic carbocycles. The number of hydrogen-bond donors (Lipinski definition) is 0. The van der Waals surface area contributed by atoms with Crippen molar-refractivity contribution in [1.29, 1.82) is 0 Å². The van der Waals surface area contributed by atoms with Gasteiger partial charge in [0.25, 0.3) is 5.91 Å². The molecule has 2 aromatic rings. The van der Waals surface area contributed by atoms with Gasteiger partial charge in [0.15, 0.2) is 0 Å². The lowest BCUT2D eigenvalue weighted by molar-refractivity contribution is 0.0996. The van der Waals surface area contributed by atoms with Gasteiger partial charge in [-0.15, -0.1) is 0 Å². The predicted molar refractivity (Wildman–Crippen MR) is 89.8 cm³/mol. The normalized spacial score (nSPS) is 14.5. The number of hydrogen-bond acceptors (Lipinski definition) is 1. The van der Waals surface area contributed by atoms with Crippen molar-refractivity contribution in [2.75, 3.05) is 4.90 Å². The summed E-state index contributed by atoms with van der Waals surface area (Å²) in [7, 11) is 0. The van der Waals surface area contributed by atoms with Gasteiger partial charge in [0.1, 0.15) is 0 Å². The second-order valence-corrected chi connectivity index (χ2v) is 7.41. The van der Waals surface area contributed by atoms with Gasteiger partial charge in [-0.25, -0.2) is 0 Å². The van der Waals surface area contributed by atoms with E-state index in [9.17, 15) is 4.79 Å². The summed E-state index contributed by atoms with van der Waals surface area (Å²) in [6, 6.07) is 14.2. The van der Waals surface area contributed by atoms with E-state index in [-0.39, 0.29) is 11.3 Å². The van der Waals surface area contributed by atoms with Crippen molar-refractivity contribution in [3.8, 4) is 0 Å². The van der Waals surface area contributed by atoms with Gasteiger partial charge in [0, 0.05) is 15.7 Å². The van der Waals surface area contributed by atoms with E-state index in [1.807, 2.05) is 35.2 Å². The van der Waals surface area contributed by atoms with E-state index in [4.69, 9.17) is 0 Å². The molecule has 0 saturated carbocycles. The molecule has 0 aromatic heterocycles. The Morgan fingerprint density at radius 1 is 1.05 bits per heavy atom. The van der Waals surface area contributed by atoms with Crippen LogP contribution >= 0.6 is 15.9 Å². The highest BCUT2D eigenvalue weighted by atomic mass is 79.9. The number of anilines is 1. The smallest absolute Gasteiger partial charge is 0.258 e. The fraction of sp³-hybridized carbons (Fsp3) is 0.278. The Kier molecular flexibility index (Phi) is 3.40. The Balaban J connectivity index is 1.91. The topological polar surface area (TPSA) is 20.3 Å². The molecule has 2 nitrogen and oxygen atoms in total. The third kappa shape index (κ3) is 2.62. The number of halogens is 1. The molecule has 3 heteroatoms. The van der Waals surface area contributed by atoms with Crippen molar-refractivity contribution >= 4 is 27.5 Å². The van der Waals surface area contributed by atoms with Crippen molar-refractivity contribution in [3.63, 3.8) is 0 Å². The molecule has 0 radical (unpaired) electrons. The van der Waals surface area contributed by atoms with Crippen LogP contribution in [0.25, 0.3) is 0 Å². The monoisotopic (exact) mass is 343 g/mol. The van der Waals surface area contributed by atoms with Gasteiger partial charge in [-0.1, -0.05) is 54.9 Å². The number of carbonyl (C=O) groups is 1. The van der Waals surface area contributed by atoms with Gasteiger partial charge in [0.05, 0.1) is 6.54 Å². The van der Waals surface area contributed by atoms with E-state index in [1.54, 1.807) is 0 Å². The van der Waals surface area contributed by atoms with Gasteiger partial charge < -0.3 is 4.90 Å². The molecule has 108 valence electrons. The van der Waals surface area contributed by atoms with Gasteiger partial charge in [-0.05, 0) is 40.8 Å². The van der Waals surface area contributed by atoms with Crippen LogP contribution in [-0.4, -0.2) is 5.91 Å². The Bertz CT molecular complexity index is 698. The lowest BCUT2D eigenvalue weighted by Gasteiger charge is -2.21. The van der Waals surface area contributed by atoms with Crippen molar-refractivity contribution in [1.82, 2.24) is 0 Å². The van der Waals surface area contributed by atoms with Crippen LogP contribution in [0.5, 0.6) is 0 Å². The van der Waals surface area contributed by atoms with Crippen molar-refractivity contribution < 1.29 is 4.79 Å². The second kappa shape index (κ2) is 4.99. The molecule has 1 heterocycles. The maximum atomic E-state index is 12.5. The van der Waals surface area contributed by atoms with Gasteiger partial charge in [-0.2, -0.15) is 0 Å². The highest BCUT2D eigenvalue weighted by Crippen LogP contribution is 2.31. The zero-order chi connectivity index (χ0) is 15.2. The van der Waals surface area contributed by atoms with Crippen LogP contribution in [-0.2, 0) is 12.0 Å². The van der Waals surface area contributed by atoms with Gasteiger partial charge in [-0.3, -0.25) is 4.79 Å². The summed E-state index contributed by atoms with van der Waals surface area (Å²) in [6.07, 6.45) is 0. The summed E-state index contributed by atoms with van der Waals surface area (Å²) in [5.41, 5.74) is 4.24. The molecule has 21 heavy (non-hydrogen) atoms. The summed E-state index contributed by atoms with van der Waals surface area (Å²) < 4.78 is 0.944. The van der Waals surface area contributed by atoms with Crippen LogP contribution in [0.15, 0.2) is 46.9 Å². The minimum Gasteiger partial charge on any atom is -0.304 e. The van der Waals surface area contributed by atoms with Crippen LogP contribution in [0.3, 0.4) is 0 Å². The second-order valence-electron chi connectivity index (χ2n) is 6.49. The third-order valence-corrected chi connectivity index (χ3v) is 4.41. The molecule has 0 spiro atoms. The fourth-order valence-electron chi connectivity index (χ4n) is 2.62. The van der Waals surface area contributed by atoms with Crippen molar-refractivity contribution in [3.05, 3.63) is 63.6 Å². The molecule has 0 bridgehead atoms. The Morgan fingerprint density at radius 3 is 2.33 bits per heavy atom. The largest absolute Gasteiger partial charge is 0.304 e. The molecular formula is C18H18BrNO. The van der Waals surface area contributed by atoms with E-state index < -0.39 is 0 Å². The summed E-state index contributed by atoms with van der Waals surface area (Å²) >= 11 is 3.43. The van der Waals surface area contributed by atoms with Crippen molar-refractivity contribution in [2.45, 2.75) is 32.7 Å². The quantitative estimate of drug-likeness (QED) is 0.720. The summed E-state index contributed by atoms with van der Waals surface area (Å²) in [5, 5.41) is 0. The SMILES string of the molecule is CC(C)(C)c1ccc(N2Cc3ccc(Br)cc3C2=O)cc1. The molecule has 3 rings (SSSR count). The lowest BCUT2D eigenvalue weighted by atomic mass is 9.87. The van der Waals surface area contributed by atoms with Crippen molar-refractivity contribution in [2.24, 2.45) is 0 Å². The molecule has 0 N–H and O–H groups in total. The van der Waals surface area contributed by atoms with E-state index >= 15 is 0 Å². The molecule has 1 aliphatic rings. The van der Waals surface area contributed by atoms with Gasteiger partial charge in [0.2, 0.25) is 0 Å². The van der Waals surface area contributed by atoms with E-state index in [0.717, 1.165) is 21.3 Å². The first-order valence-corrected chi connectivity index (χ1v) is 7.86. The average molecular weight is 344 g/mol. The first-order valence-electron chi connectivity index (χ1n) is 7.07. The summed E-state index contributed by atoms with van der Waals surface area (Å²) in [6.45, 7) is 7.22. The number of carbonyl (C=O) groups excluding carboxylic acids is 1. The standard InChI is InChI=1S/C18H18BrNO/c1-18(2,3)13-5-8-15(9-6-13)20-11-12-4-7-14(19)10-16(12)17(20)21/h4-10H,11H2,1-3H3. The van der Waals surface area contributed by atoms with E-state index in [2.05, 4.69) is 48.8 Å². The number of rotatable bonds is 1. The van der Waals surface area contributed by atoms with E-state index in [1.165, 1.54) is 5.56 Å². The molecular weight excluding hydrogens is 326 g/mol. The number of benzene rings is 2. The number of nitrogens with zero attached hydrogens (tertiary/aromatic N) is 1. The zero-order valence-electron chi connectivity index (χ0n) is 12.5. The molecule has 0 fully saturated rings. The maximum absolute atomic E-state index is 12.5. The molecule has 0 atom stereocenters. The van der Waals surface area contributed by atoms with Crippen LogP contribution in [0, 0.1) is 0 Å².